The van der Waals surface area contributed by atoms with E-state index < -0.39 is 0 Å². The lowest BCUT2D eigenvalue weighted by Crippen LogP contribution is -2.10. The Hall–Kier alpha value is -1.04. The summed E-state index contributed by atoms with van der Waals surface area (Å²) in [6.45, 7) is 15.2. The molecule has 0 bridgehead atoms. The van der Waals surface area contributed by atoms with Crippen molar-refractivity contribution in [1.82, 2.24) is 0 Å². The summed E-state index contributed by atoms with van der Waals surface area (Å²) in [5.74, 6) is 0.591. The first-order valence-corrected chi connectivity index (χ1v) is 6.06. The molecule has 0 radical (unpaired) electrons. The van der Waals surface area contributed by atoms with Crippen LogP contribution in [0.25, 0.3) is 6.08 Å². The van der Waals surface area contributed by atoms with Crippen molar-refractivity contribution < 1.29 is 0 Å². The van der Waals surface area contributed by atoms with E-state index in [2.05, 4.69) is 59.4 Å². The van der Waals surface area contributed by atoms with Gasteiger partial charge in [0.15, 0.2) is 0 Å². The smallest absolute Gasteiger partial charge is 0.0179 e. The standard InChI is InChI=1S/C16H24/c1-7-14-10-12(2)8-9-15(14)13(3)11-16(4,5)6/h7-10,13H,1,11H2,2-6H3. The number of benzene rings is 1. The van der Waals surface area contributed by atoms with Gasteiger partial charge in [0.25, 0.3) is 0 Å². The Bertz CT molecular complexity index is 366. The molecule has 0 aliphatic heterocycles. The third-order valence-electron chi connectivity index (χ3n) is 2.91. The van der Waals surface area contributed by atoms with Gasteiger partial charge >= 0.3 is 0 Å². The van der Waals surface area contributed by atoms with Gasteiger partial charge in [0.05, 0.1) is 0 Å². The maximum absolute atomic E-state index is 3.91. The van der Waals surface area contributed by atoms with Crippen molar-refractivity contribution in [3.63, 3.8) is 0 Å². The van der Waals surface area contributed by atoms with Crippen molar-refractivity contribution in [3.05, 3.63) is 41.5 Å². The van der Waals surface area contributed by atoms with Crippen LogP contribution in [0.1, 0.15) is 56.7 Å². The molecule has 0 aliphatic rings. The normalized spacial score (nSPS) is 13.6. The molecule has 0 heteroatoms. The van der Waals surface area contributed by atoms with Crippen LogP contribution in [-0.2, 0) is 0 Å². The predicted octanol–water partition coefficient (Wildman–Crippen LogP) is 5.18. The topological polar surface area (TPSA) is 0 Å². The van der Waals surface area contributed by atoms with Crippen molar-refractivity contribution in [1.29, 1.82) is 0 Å². The molecule has 1 aromatic carbocycles. The summed E-state index contributed by atoms with van der Waals surface area (Å²) in [6.07, 6.45) is 3.18. The summed E-state index contributed by atoms with van der Waals surface area (Å²) >= 11 is 0. The lowest BCUT2D eigenvalue weighted by Gasteiger charge is -2.24. The van der Waals surface area contributed by atoms with Crippen LogP contribution in [0.5, 0.6) is 0 Å². The molecule has 1 atom stereocenters. The first kappa shape index (κ1) is 13.0. The SMILES string of the molecule is C=Cc1cc(C)ccc1C(C)CC(C)(C)C. The van der Waals surface area contributed by atoms with Crippen LogP contribution in [0.4, 0.5) is 0 Å². The van der Waals surface area contributed by atoms with Gasteiger partial charge in [0.1, 0.15) is 0 Å². The van der Waals surface area contributed by atoms with Gasteiger partial charge in [-0.15, -0.1) is 0 Å². The molecule has 0 saturated carbocycles. The molecule has 0 nitrogen and oxygen atoms in total. The fourth-order valence-corrected chi connectivity index (χ4v) is 2.35. The molecule has 0 heterocycles. The minimum Gasteiger partial charge on any atom is -0.0985 e. The summed E-state index contributed by atoms with van der Waals surface area (Å²) in [7, 11) is 0. The highest BCUT2D eigenvalue weighted by Gasteiger charge is 2.17. The summed E-state index contributed by atoms with van der Waals surface area (Å²) in [4.78, 5) is 0. The van der Waals surface area contributed by atoms with E-state index in [-0.39, 0.29) is 0 Å². The van der Waals surface area contributed by atoms with Crippen LogP contribution >= 0.6 is 0 Å². The highest BCUT2D eigenvalue weighted by molar-refractivity contribution is 5.54. The monoisotopic (exact) mass is 216 g/mol. The van der Waals surface area contributed by atoms with E-state index in [1.54, 1.807) is 0 Å². The van der Waals surface area contributed by atoms with Crippen molar-refractivity contribution in [3.8, 4) is 0 Å². The second kappa shape index (κ2) is 4.86. The third kappa shape index (κ3) is 3.52. The zero-order valence-corrected chi connectivity index (χ0v) is 11.3. The second-order valence-electron chi connectivity index (χ2n) is 6.00. The van der Waals surface area contributed by atoms with Crippen molar-refractivity contribution >= 4 is 6.08 Å². The maximum atomic E-state index is 3.91. The van der Waals surface area contributed by atoms with Crippen LogP contribution in [0, 0.1) is 12.3 Å². The Morgan fingerprint density at radius 3 is 2.44 bits per heavy atom. The zero-order valence-electron chi connectivity index (χ0n) is 11.3. The average Bonchev–Trinajstić information content (AvgIpc) is 2.14. The van der Waals surface area contributed by atoms with Gasteiger partial charge < -0.3 is 0 Å². The molecule has 0 aromatic heterocycles. The molecule has 88 valence electrons. The summed E-state index contributed by atoms with van der Waals surface area (Å²) in [5.41, 5.74) is 4.40. The van der Waals surface area contributed by atoms with Crippen LogP contribution < -0.4 is 0 Å². The first-order valence-electron chi connectivity index (χ1n) is 6.06. The fourth-order valence-electron chi connectivity index (χ4n) is 2.35. The number of rotatable bonds is 3. The lowest BCUT2D eigenvalue weighted by atomic mass is 9.81. The lowest BCUT2D eigenvalue weighted by molar-refractivity contribution is 0.348. The fraction of sp³-hybridized carbons (Fsp3) is 0.500. The maximum Gasteiger partial charge on any atom is -0.0179 e. The minimum absolute atomic E-state index is 0.378. The Balaban J connectivity index is 2.99. The van der Waals surface area contributed by atoms with E-state index in [0.29, 0.717) is 11.3 Å². The Morgan fingerprint density at radius 1 is 1.31 bits per heavy atom. The molecule has 0 N–H and O–H groups in total. The van der Waals surface area contributed by atoms with Gasteiger partial charge in [-0.2, -0.15) is 0 Å². The minimum atomic E-state index is 0.378. The van der Waals surface area contributed by atoms with Gasteiger partial charge in [-0.25, -0.2) is 0 Å². The van der Waals surface area contributed by atoms with E-state index in [0.717, 1.165) is 0 Å². The number of hydrogen-bond acceptors (Lipinski definition) is 0. The zero-order chi connectivity index (χ0) is 12.3. The molecule has 1 rings (SSSR count). The summed E-state index contributed by atoms with van der Waals surface area (Å²) in [6, 6.07) is 6.67. The van der Waals surface area contributed by atoms with Crippen LogP contribution in [0.15, 0.2) is 24.8 Å². The Morgan fingerprint density at radius 2 is 1.94 bits per heavy atom. The molecular formula is C16H24. The van der Waals surface area contributed by atoms with Crippen molar-refractivity contribution in [2.24, 2.45) is 5.41 Å². The second-order valence-corrected chi connectivity index (χ2v) is 6.00. The largest absolute Gasteiger partial charge is 0.0985 e. The molecule has 16 heavy (non-hydrogen) atoms. The molecule has 0 spiro atoms. The molecule has 1 unspecified atom stereocenters. The molecular weight excluding hydrogens is 192 g/mol. The summed E-state index contributed by atoms with van der Waals surface area (Å²) in [5, 5.41) is 0. The van der Waals surface area contributed by atoms with Gasteiger partial charge in [0, 0.05) is 0 Å². The van der Waals surface area contributed by atoms with E-state index >= 15 is 0 Å². The highest BCUT2D eigenvalue weighted by atomic mass is 14.2. The average molecular weight is 216 g/mol. The Labute approximate surface area is 100 Å². The van der Waals surface area contributed by atoms with Crippen LogP contribution in [0.2, 0.25) is 0 Å². The van der Waals surface area contributed by atoms with Gasteiger partial charge in [0.2, 0.25) is 0 Å². The van der Waals surface area contributed by atoms with Gasteiger partial charge in [-0.3, -0.25) is 0 Å². The van der Waals surface area contributed by atoms with Crippen molar-refractivity contribution in [2.45, 2.75) is 47.0 Å². The predicted molar refractivity (Wildman–Crippen MR) is 73.8 cm³/mol. The van der Waals surface area contributed by atoms with Crippen LogP contribution in [0.3, 0.4) is 0 Å². The van der Waals surface area contributed by atoms with E-state index in [1.807, 2.05) is 6.08 Å². The number of aryl methyl sites for hydroxylation is 1. The van der Waals surface area contributed by atoms with E-state index in [4.69, 9.17) is 0 Å². The van der Waals surface area contributed by atoms with E-state index in [9.17, 15) is 0 Å². The van der Waals surface area contributed by atoms with E-state index in [1.165, 1.54) is 23.1 Å². The molecule has 0 saturated heterocycles. The highest BCUT2D eigenvalue weighted by Crippen LogP contribution is 2.32. The molecule has 0 amide bonds. The molecule has 0 aliphatic carbocycles. The Kier molecular flexibility index (Phi) is 3.96. The quantitative estimate of drug-likeness (QED) is 0.653. The van der Waals surface area contributed by atoms with Crippen molar-refractivity contribution in [2.75, 3.05) is 0 Å². The molecule has 0 fully saturated rings. The van der Waals surface area contributed by atoms with Gasteiger partial charge in [-0.05, 0) is 35.8 Å². The first-order chi connectivity index (χ1) is 7.33. The number of hydrogen-bond donors (Lipinski definition) is 0. The summed E-state index contributed by atoms with van der Waals surface area (Å²) < 4.78 is 0. The third-order valence-corrected chi connectivity index (χ3v) is 2.91. The van der Waals surface area contributed by atoms with Crippen LogP contribution in [-0.4, -0.2) is 0 Å². The van der Waals surface area contributed by atoms with Gasteiger partial charge in [-0.1, -0.05) is 64.1 Å². The molecule has 1 aromatic rings.